The number of hydrogen-bond donors (Lipinski definition) is 1. The summed E-state index contributed by atoms with van der Waals surface area (Å²) >= 11 is 3.21. The summed E-state index contributed by atoms with van der Waals surface area (Å²) in [4.78, 5) is 0. The molecule has 0 saturated carbocycles. The van der Waals surface area contributed by atoms with E-state index in [9.17, 15) is 5.21 Å². The van der Waals surface area contributed by atoms with Gasteiger partial charge in [0.15, 0.2) is 12.4 Å². The van der Waals surface area contributed by atoms with Crippen LogP contribution in [0.2, 0.25) is 0 Å². The van der Waals surface area contributed by atoms with E-state index in [1.807, 2.05) is 13.0 Å². The van der Waals surface area contributed by atoms with Gasteiger partial charge in [-0.15, -0.1) is 0 Å². The third-order valence-electron chi connectivity index (χ3n) is 1.67. The molecule has 0 aliphatic heterocycles. The van der Waals surface area contributed by atoms with Crippen molar-refractivity contribution >= 4 is 15.9 Å². The van der Waals surface area contributed by atoms with E-state index in [1.54, 1.807) is 0 Å². The van der Waals surface area contributed by atoms with Crippen LogP contribution in [-0.2, 0) is 0 Å². The Morgan fingerprint density at radius 2 is 2.33 bits per heavy atom. The van der Waals surface area contributed by atoms with Gasteiger partial charge < -0.3 is 10.3 Å². The van der Waals surface area contributed by atoms with Crippen molar-refractivity contribution in [3.63, 3.8) is 0 Å². The van der Waals surface area contributed by atoms with Gasteiger partial charge in [0, 0.05) is 18.1 Å². The molecule has 1 heterocycles. The van der Waals surface area contributed by atoms with Crippen molar-refractivity contribution in [2.75, 3.05) is 6.61 Å². The predicted molar refractivity (Wildman–Crippen MR) is 48.6 cm³/mol. The normalized spacial score (nSPS) is 12.9. The van der Waals surface area contributed by atoms with E-state index >= 15 is 0 Å². The largest absolute Gasteiger partial charge is 0.619 e. The molecule has 3 nitrogen and oxygen atoms in total. The van der Waals surface area contributed by atoms with Crippen molar-refractivity contribution in [2.45, 2.75) is 12.8 Å². The molecule has 1 atom stereocenters. The number of rotatable bonds is 2. The first-order chi connectivity index (χ1) is 5.63. The van der Waals surface area contributed by atoms with Gasteiger partial charge in [-0.25, -0.2) is 0 Å². The predicted octanol–water partition coefficient (Wildman–Crippen LogP) is 1.18. The van der Waals surface area contributed by atoms with Gasteiger partial charge in [0.2, 0.25) is 0 Å². The summed E-state index contributed by atoms with van der Waals surface area (Å²) in [7, 11) is 0. The van der Waals surface area contributed by atoms with Crippen LogP contribution in [0.25, 0.3) is 0 Å². The number of aromatic nitrogens is 1. The Morgan fingerprint density at radius 3 is 2.83 bits per heavy atom. The van der Waals surface area contributed by atoms with Gasteiger partial charge >= 0.3 is 0 Å². The van der Waals surface area contributed by atoms with E-state index in [1.165, 1.54) is 12.4 Å². The third-order valence-corrected chi connectivity index (χ3v) is 2.11. The van der Waals surface area contributed by atoms with Gasteiger partial charge in [0.1, 0.15) is 0 Å². The number of aliphatic hydroxyl groups excluding tert-OH is 1. The zero-order valence-electron chi connectivity index (χ0n) is 6.70. The number of aliphatic hydroxyl groups is 1. The average molecular weight is 232 g/mol. The van der Waals surface area contributed by atoms with E-state index in [0.29, 0.717) is 0 Å². The fourth-order valence-electron chi connectivity index (χ4n) is 0.914. The quantitative estimate of drug-likeness (QED) is 0.614. The molecule has 1 aromatic rings. The summed E-state index contributed by atoms with van der Waals surface area (Å²) in [6, 6.07) is 1.83. The standard InChI is InChI=1S/C8H10BrNO2/c1-6(5-11)7-2-8(9)4-10(12)3-7/h2-4,6,11H,5H2,1H3. The highest BCUT2D eigenvalue weighted by molar-refractivity contribution is 9.10. The molecule has 0 radical (unpaired) electrons. The lowest BCUT2D eigenvalue weighted by atomic mass is 10.1. The Morgan fingerprint density at radius 1 is 1.67 bits per heavy atom. The zero-order valence-corrected chi connectivity index (χ0v) is 8.28. The van der Waals surface area contributed by atoms with Crippen molar-refractivity contribution in [1.82, 2.24) is 0 Å². The molecule has 4 heteroatoms. The van der Waals surface area contributed by atoms with E-state index in [2.05, 4.69) is 15.9 Å². The highest BCUT2D eigenvalue weighted by atomic mass is 79.9. The molecule has 12 heavy (non-hydrogen) atoms. The van der Waals surface area contributed by atoms with Gasteiger partial charge in [-0.3, -0.25) is 0 Å². The Labute approximate surface area is 79.4 Å². The SMILES string of the molecule is CC(CO)c1cc(Br)c[n+]([O-])c1. The van der Waals surface area contributed by atoms with Gasteiger partial charge in [0.25, 0.3) is 0 Å². The summed E-state index contributed by atoms with van der Waals surface area (Å²) in [5.41, 5.74) is 0.835. The fourth-order valence-corrected chi connectivity index (χ4v) is 1.38. The maximum Gasteiger partial charge on any atom is 0.194 e. The fraction of sp³-hybridized carbons (Fsp3) is 0.375. The lowest BCUT2D eigenvalue weighted by Crippen LogP contribution is -2.26. The minimum absolute atomic E-state index is 0.00250. The first kappa shape index (κ1) is 9.48. The number of halogens is 1. The molecule has 1 rings (SSSR count). The molecule has 1 aromatic heterocycles. The maximum atomic E-state index is 10.9. The van der Waals surface area contributed by atoms with Crippen molar-refractivity contribution in [3.05, 3.63) is 33.7 Å². The van der Waals surface area contributed by atoms with Gasteiger partial charge in [-0.1, -0.05) is 6.92 Å². The van der Waals surface area contributed by atoms with Crippen molar-refractivity contribution in [3.8, 4) is 0 Å². The Kier molecular flexibility index (Phi) is 3.05. The highest BCUT2D eigenvalue weighted by Crippen LogP contribution is 2.16. The molecule has 66 valence electrons. The van der Waals surface area contributed by atoms with Crippen molar-refractivity contribution in [2.24, 2.45) is 0 Å². The lowest BCUT2D eigenvalue weighted by Gasteiger charge is -2.07. The molecule has 0 amide bonds. The zero-order chi connectivity index (χ0) is 9.14. The second-order valence-corrected chi connectivity index (χ2v) is 3.65. The van der Waals surface area contributed by atoms with Crippen molar-refractivity contribution in [1.29, 1.82) is 0 Å². The summed E-state index contributed by atoms with van der Waals surface area (Å²) in [5.74, 6) is 0.00250. The third kappa shape index (κ3) is 2.19. The summed E-state index contributed by atoms with van der Waals surface area (Å²) in [6.07, 6.45) is 2.89. The molecule has 1 unspecified atom stereocenters. The van der Waals surface area contributed by atoms with Crippen LogP contribution in [0.1, 0.15) is 18.4 Å². The number of hydrogen-bond acceptors (Lipinski definition) is 2. The molecule has 0 saturated heterocycles. The van der Waals surface area contributed by atoms with E-state index < -0.39 is 0 Å². The topological polar surface area (TPSA) is 47.2 Å². The lowest BCUT2D eigenvalue weighted by molar-refractivity contribution is -0.606. The molecular weight excluding hydrogens is 222 g/mol. The van der Waals surface area contributed by atoms with Crippen molar-refractivity contribution < 1.29 is 9.84 Å². The Bertz CT molecular complexity index is 258. The summed E-state index contributed by atoms with van der Waals surface area (Å²) < 4.78 is 1.46. The average Bonchev–Trinajstić information content (AvgIpc) is 2.01. The molecule has 0 spiro atoms. The minimum Gasteiger partial charge on any atom is -0.619 e. The first-order valence-electron chi connectivity index (χ1n) is 3.63. The molecule has 0 fully saturated rings. The minimum atomic E-state index is 0.00250. The van der Waals surface area contributed by atoms with Crippen LogP contribution < -0.4 is 4.73 Å². The number of nitrogens with zero attached hydrogens (tertiary/aromatic N) is 1. The Hall–Kier alpha value is -0.610. The summed E-state index contributed by atoms with van der Waals surface area (Å²) in [6.45, 7) is 1.91. The first-order valence-corrected chi connectivity index (χ1v) is 4.43. The maximum absolute atomic E-state index is 10.9. The van der Waals surface area contributed by atoms with Crippen LogP contribution in [0, 0.1) is 5.21 Å². The smallest absolute Gasteiger partial charge is 0.194 e. The van der Waals surface area contributed by atoms with Crippen LogP contribution in [0.5, 0.6) is 0 Å². The second-order valence-electron chi connectivity index (χ2n) is 2.73. The Balaban J connectivity index is 3.00. The van der Waals surface area contributed by atoms with E-state index in [-0.39, 0.29) is 12.5 Å². The van der Waals surface area contributed by atoms with Crippen LogP contribution in [0.15, 0.2) is 22.9 Å². The monoisotopic (exact) mass is 231 g/mol. The van der Waals surface area contributed by atoms with Gasteiger partial charge in [0.05, 0.1) is 4.47 Å². The summed E-state index contributed by atoms with van der Waals surface area (Å²) in [5, 5.41) is 19.8. The van der Waals surface area contributed by atoms with Gasteiger partial charge in [-0.2, -0.15) is 4.73 Å². The molecular formula is C8H10BrNO2. The van der Waals surface area contributed by atoms with Crippen LogP contribution in [0.4, 0.5) is 0 Å². The van der Waals surface area contributed by atoms with E-state index in [4.69, 9.17) is 5.11 Å². The molecule has 0 aliphatic rings. The van der Waals surface area contributed by atoms with E-state index in [0.717, 1.165) is 14.8 Å². The van der Waals surface area contributed by atoms with Gasteiger partial charge in [-0.05, 0) is 22.0 Å². The number of pyridine rings is 1. The van der Waals surface area contributed by atoms with Crippen LogP contribution in [-0.4, -0.2) is 11.7 Å². The second kappa shape index (κ2) is 3.87. The highest BCUT2D eigenvalue weighted by Gasteiger charge is 2.08. The molecule has 0 bridgehead atoms. The molecule has 0 aliphatic carbocycles. The van der Waals surface area contributed by atoms with Crippen LogP contribution >= 0.6 is 15.9 Å². The van der Waals surface area contributed by atoms with Crippen LogP contribution in [0.3, 0.4) is 0 Å². The molecule has 0 aromatic carbocycles. The molecule has 1 N–H and O–H groups in total.